The first-order valence-corrected chi connectivity index (χ1v) is 19.8. The topological polar surface area (TPSA) is 154 Å². The summed E-state index contributed by atoms with van der Waals surface area (Å²) < 4.78 is 26.4. The Kier molecular flexibility index (Phi) is 13.1. The van der Waals surface area contributed by atoms with Crippen LogP contribution in [0.4, 0.5) is 4.39 Å². The van der Waals surface area contributed by atoms with Crippen LogP contribution in [0.15, 0.2) is 23.7 Å². The van der Waals surface area contributed by atoms with Gasteiger partial charge < -0.3 is 35.0 Å². The highest BCUT2D eigenvalue weighted by molar-refractivity contribution is 7.13. The number of hydrogen-bond acceptors (Lipinski definition) is 11. The molecule has 15 heteroatoms. The number of aryl methyl sites for hydroxylation is 1. The maximum Gasteiger partial charge on any atom is 0.307 e. The molecule has 2 aromatic rings. The molecule has 0 spiro atoms. The van der Waals surface area contributed by atoms with Crippen LogP contribution < -0.4 is 15.4 Å². The molecular weight excluding hydrogens is 716 g/mol. The van der Waals surface area contributed by atoms with Crippen molar-refractivity contribution in [1.29, 1.82) is 0 Å². The van der Waals surface area contributed by atoms with Crippen LogP contribution in [0.2, 0.25) is 0 Å². The highest BCUT2D eigenvalue weighted by Crippen LogP contribution is 2.40. The highest BCUT2D eigenvalue weighted by Gasteiger charge is 2.53. The number of carbonyl (C=O) groups excluding carboxylic acids is 4. The van der Waals surface area contributed by atoms with Gasteiger partial charge in [-0.05, 0) is 57.6 Å². The maximum atomic E-state index is 14.6. The standard InChI is InChI=1S/C39H57FN6O7S/c1-25-32(54-24-42-25)26-8-9-27(30(20-26)52-19-18-45-16-14-44(15-17-45)13-10-31(48)53-38(5,6)7)22-41-34(49)29-21-28(47)23-46(29)35(50)33(37(2,3)4)43-36(51)39(40)11-12-39/h8-9,20,24,28-29,33,47H,10-19,21-23H2,1-7H3,(H,41,49)(H,43,51)/t28-,29+,33-/m1/s1. The zero-order chi connectivity index (χ0) is 39.4. The Labute approximate surface area is 321 Å². The number of likely N-dealkylation sites (tertiary alicyclic amines) is 1. The van der Waals surface area contributed by atoms with E-state index in [1.54, 1.807) is 26.3 Å². The summed E-state index contributed by atoms with van der Waals surface area (Å²) in [5.41, 5.74) is 1.18. The van der Waals surface area contributed by atoms with Gasteiger partial charge in [-0.1, -0.05) is 32.9 Å². The molecule has 3 fully saturated rings. The third-order valence-electron chi connectivity index (χ3n) is 10.1. The van der Waals surface area contributed by atoms with Crippen molar-refractivity contribution >= 4 is 35.0 Å². The lowest BCUT2D eigenvalue weighted by Gasteiger charge is -2.35. The Hall–Kier alpha value is -3.66. The number of ether oxygens (including phenoxy) is 2. The van der Waals surface area contributed by atoms with Crippen molar-refractivity contribution in [1.82, 2.24) is 30.3 Å². The van der Waals surface area contributed by atoms with E-state index in [-0.39, 0.29) is 38.3 Å². The fourth-order valence-corrected chi connectivity index (χ4v) is 7.54. The highest BCUT2D eigenvalue weighted by atomic mass is 32.1. The van der Waals surface area contributed by atoms with Crippen LogP contribution in [0, 0.1) is 12.3 Å². The predicted molar refractivity (Wildman–Crippen MR) is 204 cm³/mol. The molecule has 3 amide bonds. The Morgan fingerprint density at radius 3 is 2.31 bits per heavy atom. The smallest absolute Gasteiger partial charge is 0.307 e. The molecule has 1 saturated carbocycles. The lowest BCUT2D eigenvalue weighted by molar-refractivity contribution is -0.155. The van der Waals surface area contributed by atoms with Crippen molar-refractivity contribution in [2.24, 2.45) is 5.41 Å². The van der Waals surface area contributed by atoms with Gasteiger partial charge in [0, 0.05) is 64.3 Å². The van der Waals surface area contributed by atoms with Crippen LogP contribution in [0.5, 0.6) is 5.75 Å². The molecule has 13 nitrogen and oxygen atoms in total. The fourth-order valence-electron chi connectivity index (χ4n) is 6.74. The van der Waals surface area contributed by atoms with Crippen LogP contribution in [0.25, 0.3) is 10.4 Å². The Morgan fingerprint density at radius 2 is 1.72 bits per heavy atom. The number of rotatable bonds is 14. The number of thiazole rings is 1. The summed E-state index contributed by atoms with van der Waals surface area (Å²) >= 11 is 1.54. The monoisotopic (exact) mass is 772 g/mol. The molecule has 0 unspecified atom stereocenters. The molecule has 54 heavy (non-hydrogen) atoms. The van der Waals surface area contributed by atoms with Gasteiger partial charge in [-0.2, -0.15) is 0 Å². The quantitative estimate of drug-likeness (QED) is 0.244. The lowest BCUT2D eigenvalue weighted by Crippen LogP contribution is -2.59. The number of amides is 3. The van der Waals surface area contributed by atoms with Crippen LogP contribution in [-0.2, 0) is 30.5 Å². The number of piperazine rings is 1. The number of halogens is 1. The minimum absolute atomic E-state index is 0.0383. The molecule has 5 rings (SSSR count). The largest absolute Gasteiger partial charge is 0.492 e. The number of alkyl halides is 1. The lowest BCUT2D eigenvalue weighted by atomic mass is 9.85. The van der Waals surface area contributed by atoms with E-state index < -0.39 is 52.6 Å². The first kappa shape index (κ1) is 41.5. The third kappa shape index (κ3) is 11.0. The number of aliphatic hydroxyl groups excluding tert-OH is 1. The Bertz CT molecular complexity index is 1660. The van der Waals surface area contributed by atoms with Crippen LogP contribution in [0.1, 0.15) is 78.5 Å². The first-order valence-electron chi connectivity index (χ1n) is 18.9. The van der Waals surface area contributed by atoms with Crippen LogP contribution >= 0.6 is 11.3 Å². The first-order chi connectivity index (χ1) is 25.3. The summed E-state index contributed by atoms with van der Waals surface area (Å²) in [5.74, 6) is -1.37. The van der Waals surface area contributed by atoms with E-state index in [0.717, 1.165) is 47.9 Å². The molecular formula is C39H57FN6O7S. The molecule has 3 N–H and O–H groups in total. The zero-order valence-electron chi connectivity index (χ0n) is 32.7. The molecule has 3 heterocycles. The number of nitrogens with zero attached hydrogens (tertiary/aromatic N) is 4. The second kappa shape index (κ2) is 17.0. The number of hydrogen-bond donors (Lipinski definition) is 3. The minimum atomic E-state index is -1.96. The molecule has 1 aromatic heterocycles. The number of aromatic nitrogens is 1. The van der Waals surface area contributed by atoms with Gasteiger partial charge in [0.1, 0.15) is 30.0 Å². The molecule has 0 radical (unpaired) electrons. The molecule has 0 bridgehead atoms. The average molecular weight is 773 g/mol. The van der Waals surface area contributed by atoms with Gasteiger partial charge in [-0.25, -0.2) is 9.37 Å². The summed E-state index contributed by atoms with van der Waals surface area (Å²) in [7, 11) is 0. The van der Waals surface area contributed by atoms with E-state index in [1.807, 2.05) is 45.9 Å². The van der Waals surface area contributed by atoms with Gasteiger partial charge in [0.2, 0.25) is 11.8 Å². The van der Waals surface area contributed by atoms with Crippen molar-refractivity contribution in [2.45, 2.75) is 110 Å². The van der Waals surface area contributed by atoms with E-state index >= 15 is 0 Å². The summed E-state index contributed by atoms with van der Waals surface area (Å²) in [6, 6.07) is 3.78. The fraction of sp³-hybridized carbons (Fsp3) is 0.667. The van der Waals surface area contributed by atoms with Crippen molar-refractivity contribution < 1.29 is 38.1 Å². The van der Waals surface area contributed by atoms with Gasteiger partial charge >= 0.3 is 5.97 Å². The van der Waals surface area contributed by atoms with Crippen molar-refractivity contribution in [2.75, 3.05) is 52.4 Å². The van der Waals surface area contributed by atoms with E-state index in [4.69, 9.17) is 9.47 Å². The van der Waals surface area contributed by atoms with Gasteiger partial charge in [0.05, 0.1) is 28.6 Å². The number of aliphatic hydroxyl groups is 1. The van der Waals surface area contributed by atoms with Crippen molar-refractivity contribution in [3.8, 4) is 16.2 Å². The molecule has 2 saturated heterocycles. The normalized spacial score (nSPS) is 21.0. The Balaban J connectivity index is 1.20. The summed E-state index contributed by atoms with van der Waals surface area (Å²) in [5, 5.41) is 16.1. The molecule has 3 atom stereocenters. The number of β-amino-alcohol motifs (C(OH)–C–C–N with tert-alkyl or cyclic N) is 1. The molecule has 3 aliphatic rings. The number of nitrogens with one attached hydrogen (secondary N) is 2. The maximum absolute atomic E-state index is 14.6. The van der Waals surface area contributed by atoms with E-state index in [0.29, 0.717) is 31.9 Å². The second-order valence-electron chi connectivity index (χ2n) is 16.8. The summed E-state index contributed by atoms with van der Waals surface area (Å²) in [6.07, 6.45) is -0.296. The van der Waals surface area contributed by atoms with Crippen molar-refractivity contribution in [3.05, 3.63) is 35.0 Å². The average Bonchev–Trinajstić information content (AvgIpc) is 3.50. The van der Waals surface area contributed by atoms with Gasteiger partial charge in [0.15, 0.2) is 5.67 Å². The van der Waals surface area contributed by atoms with Crippen LogP contribution in [-0.4, -0.2) is 130 Å². The number of carbonyl (C=O) groups is 4. The van der Waals surface area contributed by atoms with Gasteiger partial charge in [-0.3, -0.25) is 24.1 Å². The third-order valence-corrected chi connectivity index (χ3v) is 11.0. The SMILES string of the molecule is Cc1ncsc1-c1ccc(CNC(=O)[C@@H]2C[C@@H](O)CN2C(=O)[C@@H](NC(=O)C2(F)CC2)C(C)(C)C)c(OCCN2CCN(CCC(=O)OC(C)(C)C)CC2)c1. The second-order valence-corrected chi connectivity index (χ2v) is 17.7. The van der Waals surface area contributed by atoms with Crippen LogP contribution in [0.3, 0.4) is 0 Å². The number of esters is 1. The van der Waals surface area contributed by atoms with Crippen molar-refractivity contribution in [3.63, 3.8) is 0 Å². The summed E-state index contributed by atoms with van der Waals surface area (Å²) in [4.78, 5) is 63.7. The predicted octanol–water partition coefficient (Wildman–Crippen LogP) is 3.46. The Morgan fingerprint density at radius 1 is 1.06 bits per heavy atom. The van der Waals surface area contributed by atoms with E-state index in [2.05, 4.69) is 25.4 Å². The molecule has 1 aliphatic carbocycles. The van der Waals surface area contributed by atoms with Gasteiger partial charge in [-0.15, -0.1) is 11.3 Å². The summed E-state index contributed by atoms with van der Waals surface area (Å²) in [6.45, 7) is 18.1. The van der Waals surface area contributed by atoms with E-state index in [9.17, 15) is 28.7 Å². The minimum Gasteiger partial charge on any atom is -0.492 e. The van der Waals surface area contributed by atoms with E-state index in [1.165, 1.54) is 16.2 Å². The zero-order valence-corrected chi connectivity index (χ0v) is 33.5. The molecule has 1 aromatic carbocycles. The number of benzene rings is 1. The molecule has 298 valence electrons. The molecule has 2 aliphatic heterocycles. The van der Waals surface area contributed by atoms with Gasteiger partial charge in [0.25, 0.3) is 5.91 Å².